The lowest BCUT2D eigenvalue weighted by Gasteiger charge is -2.19. The molecule has 3 aromatic carbocycles. The highest BCUT2D eigenvalue weighted by Crippen LogP contribution is 2.31. The number of hydrogen-bond acceptors (Lipinski definition) is 6. The van der Waals surface area contributed by atoms with Crippen molar-refractivity contribution in [2.45, 2.75) is 45.1 Å². The zero-order valence-corrected chi connectivity index (χ0v) is 21.4. The fourth-order valence-corrected chi connectivity index (χ4v) is 4.49. The van der Waals surface area contributed by atoms with Gasteiger partial charge in [0.15, 0.2) is 5.58 Å². The van der Waals surface area contributed by atoms with Gasteiger partial charge in [-0.25, -0.2) is 4.98 Å². The minimum absolute atomic E-state index is 0.112. The number of benzene rings is 3. The van der Waals surface area contributed by atoms with Gasteiger partial charge >= 0.3 is 0 Å². The van der Waals surface area contributed by atoms with Crippen molar-refractivity contribution in [1.82, 2.24) is 9.88 Å². The number of oxazole rings is 1. The van der Waals surface area contributed by atoms with Crippen molar-refractivity contribution in [3.63, 3.8) is 0 Å². The number of rotatable bonds is 8. The van der Waals surface area contributed by atoms with Gasteiger partial charge in [0, 0.05) is 30.8 Å². The van der Waals surface area contributed by atoms with Crippen LogP contribution in [-0.2, 0) is 5.41 Å². The van der Waals surface area contributed by atoms with E-state index in [0.717, 1.165) is 55.1 Å². The van der Waals surface area contributed by atoms with E-state index < -0.39 is 0 Å². The summed E-state index contributed by atoms with van der Waals surface area (Å²) in [6.07, 6.45) is 2.09. The Morgan fingerprint density at radius 1 is 0.972 bits per heavy atom. The Hall–Kier alpha value is -3.35. The summed E-state index contributed by atoms with van der Waals surface area (Å²) in [5, 5.41) is 0. The molecule has 0 spiro atoms. The first kappa shape index (κ1) is 24.3. The van der Waals surface area contributed by atoms with Crippen molar-refractivity contribution >= 4 is 11.1 Å². The number of hydrogen-bond donors (Lipinski definition) is 1. The van der Waals surface area contributed by atoms with Gasteiger partial charge < -0.3 is 24.5 Å². The Kier molecular flexibility index (Phi) is 6.99. The van der Waals surface area contributed by atoms with Gasteiger partial charge in [0.1, 0.15) is 22.8 Å². The third-order valence-electron chi connectivity index (χ3n) is 6.61. The van der Waals surface area contributed by atoms with Crippen LogP contribution in [0.1, 0.15) is 39.2 Å². The number of likely N-dealkylation sites (tertiary alicyclic amines) is 1. The molecule has 5 rings (SSSR count). The molecule has 2 N–H and O–H groups in total. The molecule has 0 radical (unpaired) electrons. The molecule has 0 aliphatic carbocycles. The van der Waals surface area contributed by atoms with E-state index in [1.54, 1.807) is 0 Å². The van der Waals surface area contributed by atoms with Gasteiger partial charge in [-0.2, -0.15) is 0 Å². The van der Waals surface area contributed by atoms with Crippen molar-refractivity contribution in [3.8, 4) is 28.7 Å². The largest absolute Gasteiger partial charge is 0.494 e. The maximum absolute atomic E-state index is 6.06. The molecule has 2 heterocycles. The fourth-order valence-electron chi connectivity index (χ4n) is 4.49. The summed E-state index contributed by atoms with van der Waals surface area (Å²) in [4.78, 5) is 7.05. The second-order valence-corrected chi connectivity index (χ2v) is 10.6. The van der Waals surface area contributed by atoms with E-state index in [0.29, 0.717) is 29.9 Å². The van der Waals surface area contributed by atoms with Crippen molar-refractivity contribution in [3.05, 3.63) is 72.3 Å². The molecule has 6 nitrogen and oxygen atoms in total. The van der Waals surface area contributed by atoms with Gasteiger partial charge in [-0.15, -0.1) is 0 Å². The van der Waals surface area contributed by atoms with Crippen LogP contribution in [0.3, 0.4) is 0 Å². The first-order valence-corrected chi connectivity index (χ1v) is 12.7. The second-order valence-electron chi connectivity index (χ2n) is 10.6. The summed E-state index contributed by atoms with van der Waals surface area (Å²) in [5.41, 5.74) is 9.75. The summed E-state index contributed by atoms with van der Waals surface area (Å²) in [7, 11) is 0. The van der Waals surface area contributed by atoms with Crippen LogP contribution in [0.4, 0.5) is 0 Å². The van der Waals surface area contributed by atoms with Crippen molar-refractivity contribution in [2.75, 3.05) is 26.2 Å². The van der Waals surface area contributed by atoms with Gasteiger partial charge in [0.05, 0.1) is 6.61 Å². The van der Waals surface area contributed by atoms with Crippen molar-refractivity contribution in [2.24, 2.45) is 5.73 Å². The summed E-state index contributed by atoms with van der Waals surface area (Å²) in [6, 6.07) is 22.2. The highest BCUT2D eigenvalue weighted by molar-refractivity contribution is 5.77. The van der Waals surface area contributed by atoms with Crippen LogP contribution in [0.15, 0.2) is 71.1 Å². The molecule has 1 atom stereocenters. The topological polar surface area (TPSA) is 73.8 Å². The molecule has 1 aliphatic rings. The minimum Gasteiger partial charge on any atom is -0.494 e. The van der Waals surface area contributed by atoms with E-state index in [4.69, 9.17) is 19.6 Å². The van der Waals surface area contributed by atoms with E-state index in [9.17, 15) is 0 Å². The van der Waals surface area contributed by atoms with Gasteiger partial charge in [-0.3, -0.25) is 0 Å². The number of fused-ring (bicyclic) bond motifs is 1. The number of nitrogens with zero attached hydrogens (tertiary/aromatic N) is 2. The Balaban J connectivity index is 1.19. The number of ether oxygens (including phenoxy) is 2. The predicted octanol–water partition coefficient (Wildman–Crippen LogP) is 6.39. The van der Waals surface area contributed by atoms with Gasteiger partial charge in [0.25, 0.3) is 0 Å². The lowest BCUT2D eigenvalue weighted by Crippen LogP contribution is -2.28. The summed E-state index contributed by atoms with van der Waals surface area (Å²) >= 11 is 0. The van der Waals surface area contributed by atoms with Crippen LogP contribution in [0, 0.1) is 0 Å². The Labute approximate surface area is 213 Å². The van der Waals surface area contributed by atoms with Gasteiger partial charge in [-0.1, -0.05) is 32.9 Å². The van der Waals surface area contributed by atoms with Crippen molar-refractivity contribution < 1.29 is 13.9 Å². The molecule has 6 heteroatoms. The van der Waals surface area contributed by atoms with Crippen LogP contribution in [0.25, 0.3) is 22.6 Å². The quantitative estimate of drug-likeness (QED) is 0.292. The van der Waals surface area contributed by atoms with E-state index >= 15 is 0 Å². The lowest BCUT2D eigenvalue weighted by molar-refractivity contribution is 0.262. The Morgan fingerprint density at radius 3 is 2.39 bits per heavy atom. The minimum atomic E-state index is 0.112. The highest BCUT2D eigenvalue weighted by atomic mass is 16.5. The molecule has 1 aromatic heterocycles. The fraction of sp³-hybridized carbons (Fsp3) is 0.367. The van der Waals surface area contributed by atoms with Gasteiger partial charge in [0.2, 0.25) is 5.89 Å². The molecular formula is C30H35N3O3. The highest BCUT2D eigenvalue weighted by Gasteiger charge is 2.18. The van der Waals surface area contributed by atoms with Crippen LogP contribution in [0.2, 0.25) is 0 Å². The average molecular weight is 486 g/mol. The monoisotopic (exact) mass is 485 g/mol. The Bertz CT molecular complexity index is 1290. The molecule has 1 fully saturated rings. The maximum atomic E-state index is 6.06. The maximum Gasteiger partial charge on any atom is 0.227 e. The summed E-state index contributed by atoms with van der Waals surface area (Å²) < 4.78 is 18.0. The molecule has 4 aromatic rings. The SMILES string of the molecule is CC(C)(C)c1ccc(Oc2ccc3nc(-c4ccc(OCCCN5CC[C@@H](N)C5)cc4)oc3c2)cc1. The van der Waals surface area contributed by atoms with E-state index in [1.807, 2.05) is 54.6 Å². The van der Waals surface area contributed by atoms with Crippen LogP contribution >= 0.6 is 0 Å². The molecule has 1 saturated heterocycles. The van der Waals surface area contributed by atoms with Crippen molar-refractivity contribution in [1.29, 1.82) is 0 Å². The van der Waals surface area contributed by atoms with E-state index in [1.165, 1.54) is 5.56 Å². The Morgan fingerprint density at radius 2 is 1.69 bits per heavy atom. The zero-order chi connectivity index (χ0) is 25.1. The lowest BCUT2D eigenvalue weighted by atomic mass is 9.87. The number of nitrogens with two attached hydrogens (primary N) is 1. The third kappa shape index (κ3) is 5.89. The smallest absolute Gasteiger partial charge is 0.227 e. The van der Waals surface area contributed by atoms with E-state index in [-0.39, 0.29) is 5.41 Å². The van der Waals surface area contributed by atoms with Crippen LogP contribution in [-0.4, -0.2) is 42.2 Å². The molecule has 1 aliphatic heterocycles. The molecular weight excluding hydrogens is 450 g/mol. The van der Waals surface area contributed by atoms with Gasteiger partial charge in [-0.05, 0) is 78.9 Å². The summed E-state index contributed by atoms with van der Waals surface area (Å²) in [5.74, 6) is 2.94. The third-order valence-corrected chi connectivity index (χ3v) is 6.61. The first-order chi connectivity index (χ1) is 17.3. The zero-order valence-electron chi connectivity index (χ0n) is 21.4. The molecule has 36 heavy (non-hydrogen) atoms. The van der Waals surface area contributed by atoms with Crippen LogP contribution < -0.4 is 15.2 Å². The normalized spacial score (nSPS) is 16.5. The molecule has 0 saturated carbocycles. The first-order valence-electron chi connectivity index (χ1n) is 12.7. The molecule has 188 valence electrons. The molecule has 0 bridgehead atoms. The molecule has 0 amide bonds. The van der Waals surface area contributed by atoms with E-state index in [2.05, 4.69) is 42.8 Å². The van der Waals surface area contributed by atoms with Crippen LogP contribution in [0.5, 0.6) is 17.2 Å². The average Bonchev–Trinajstić information content (AvgIpc) is 3.47. The standard InChI is InChI=1S/C30H35N3O3/c1-30(2,3)22-7-11-25(12-8-22)35-26-13-14-27-28(19-26)36-29(32-27)21-5-9-24(10-6-21)34-18-4-16-33-17-15-23(31)20-33/h5-14,19,23H,4,15-18,20,31H2,1-3H3/t23-/m1/s1. The second kappa shape index (κ2) is 10.3. The molecule has 0 unspecified atom stereocenters. The number of aromatic nitrogens is 1. The summed E-state index contributed by atoms with van der Waals surface area (Å²) in [6.45, 7) is 10.4. The predicted molar refractivity (Wildman–Crippen MR) is 144 cm³/mol.